The van der Waals surface area contributed by atoms with Crippen molar-refractivity contribution in [2.45, 2.75) is 50.7 Å². The van der Waals surface area contributed by atoms with Gasteiger partial charge in [-0.25, -0.2) is 0 Å². The molecule has 94 valence electrons. The lowest BCUT2D eigenvalue weighted by Gasteiger charge is -2.36. The normalized spacial score (nSPS) is 29.9. The van der Waals surface area contributed by atoms with E-state index in [2.05, 4.69) is 20.8 Å². The number of nitrogens with zero attached hydrogens (tertiary/aromatic N) is 1. The van der Waals surface area contributed by atoms with Gasteiger partial charge in [-0.1, -0.05) is 34.1 Å². The third-order valence-electron chi connectivity index (χ3n) is 3.27. The van der Waals surface area contributed by atoms with E-state index < -0.39 is 0 Å². The first-order chi connectivity index (χ1) is 7.45. The predicted molar refractivity (Wildman–Crippen MR) is 70.5 cm³/mol. The van der Waals surface area contributed by atoms with Crippen LogP contribution in [0.15, 0.2) is 0 Å². The number of thioether (sulfide) groups is 1. The molecule has 3 nitrogen and oxygen atoms in total. The van der Waals surface area contributed by atoms with E-state index in [0.717, 1.165) is 19.5 Å². The highest BCUT2D eigenvalue weighted by molar-refractivity contribution is 8.00. The van der Waals surface area contributed by atoms with Gasteiger partial charge in [0.05, 0.1) is 6.04 Å². The Kier molecular flexibility index (Phi) is 5.12. The summed E-state index contributed by atoms with van der Waals surface area (Å²) in [5, 5.41) is 1.05. The van der Waals surface area contributed by atoms with Crippen LogP contribution in [0.1, 0.15) is 34.1 Å². The highest BCUT2D eigenvalue weighted by Gasteiger charge is 2.30. The Morgan fingerprint density at radius 2 is 1.94 bits per heavy atom. The van der Waals surface area contributed by atoms with Crippen LogP contribution in [0.5, 0.6) is 0 Å². The highest BCUT2D eigenvalue weighted by Crippen LogP contribution is 2.25. The van der Waals surface area contributed by atoms with Crippen molar-refractivity contribution in [3.63, 3.8) is 0 Å². The standard InChI is InChI=1S/C12H24N2OS/c1-5-8(2)11(13)12(15)14-6-9(3)16-10(4)7-14/h8-11H,5-7,13H2,1-4H3/t8-,9?,10?,11-/m0/s1. The summed E-state index contributed by atoms with van der Waals surface area (Å²) in [6.45, 7) is 10.2. The summed E-state index contributed by atoms with van der Waals surface area (Å²) in [6, 6.07) is -0.326. The van der Waals surface area contributed by atoms with Crippen LogP contribution in [0.4, 0.5) is 0 Å². The maximum atomic E-state index is 12.2. The summed E-state index contributed by atoms with van der Waals surface area (Å²) in [7, 11) is 0. The van der Waals surface area contributed by atoms with E-state index >= 15 is 0 Å². The van der Waals surface area contributed by atoms with Gasteiger partial charge in [-0.3, -0.25) is 4.79 Å². The van der Waals surface area contributed by atoms with Gasteiger partial charge in [-0.15, -0.1) is 0 Å². The molecule has 0 aliphatic carbocycles. The van der Waals surface area contributed by atoms with Crippen molar-refractivity contribution in [1.29, 1.82) is 0 Å². The average Bonchev–Trinajstić information content (AvgIpc) is 2.24. The summed E-state index contributed by atoms with van der Waals surface area (Å²) in [4.78, 5) is 14.1. The van der Waals surface area contributed by atoms with E-state index in [0.29, 0.717) is 10.5 Å². The van der Waals surface area contributed by atoms with Gasteiger partial charge in [-0.05, 0) is 5.92 Å². The molecule has 4 heteroatoms. The van der Waals surface area contributed by atoms with Crippen LogP contribution in [-0.2, 0) is 4.79 Å². The fourth-order valence-corrected chi connectivity index (χ4v) is 3.39. The zero-order chi connectivity index (χ0) is 12.3. The van der Waals surface area contributed by atoms with Crippen molar-refractivity contribution >= 4 is 17.7 Å². The highest BCUT2D eigenvalue weighted by atomic mass is 32.2. The van der Waals surface area contributed by atoms with E-state index in [9.17, 15) is 4.79 Å². The number of rotatable bonds is 3. The summed E-state index contributed by atoms with van der Waals surface area (Å²) in [6.07, 6.45) is 0.959. The summed E-state index contributed by atoms with van der Waals surface area (Å²) >= 11 is 1.95. The second-order valence-electron chi connectivity index (χ2n) is 4.91. The first kappa shape index (κ1) is 13.8. The van der Waals surface area contributed by atoms with Crippen LogP contribution in [0, 0.1) is 5.92 Å². The molecule has 2 unspecified atom stereocenters. The lowest BCUT2D eigenvalue weighted by molar-refractivity contribution is -0.133. The van der Waals surface area contributed by atoms with Crippen LogP contribution in [0.2, 0.25) is 0 Å². The second-order valence-corrected chi connectivity index (χ2v) is 6.79. The molecule has 0 spiro atoms. The third kappa shape index (κ3) is 3.39. The maximum Gasteiger partial charge on any atom is 0.239 e. The molecule has 0 aromatic heterocycles. The van der Waals surface area contributed by atoms with E-state index in [-0.39, 0.29) is 17.9 Å². The fourth-order valence-electron chi connectivity index (χ4n) is 2.07. The molecule has 0 aromatic carbocycles. The maximum absolute atomic E-state index is 12.2. The second kappa shape index (κ2) is 5.92. The fraction of sp³-hybridized carbons (Fsp3) is 0.917. The Bertz CT molecular complexity index is 237. The van der Waals surface area contributed by atoms with Crippen molar-refractivity contribution in [2.24, 2.45) is 11.7 Å². The average molecular weight is 244 g/mol. The molecular formula is C12H24N2OS. The van der Waals surface area contributed by atoms with Gasteiger partial charge in [0.25, 0.3) is 0 Å². The molecule has 1 amide bonds. The molecule has 0 aromatic rings. The SMILES string of the molecule is CC[C@H](C)[C@H](N)C(=O)N1CC(C)SC(C)C1. The Balaban J connectivity index is 2.59. The Hall–Kier alpha value is -0.220. The molecule has 16 heavy (non-hydrogen) atoms. The largest absolute Gasteiger partial charge is 0.339 e. The molecule has 1 fully saturated rings. The lowest BCUT2D eigenvalue weighted by Crippen LogP contribution is -2.52. The minimum Gasteiger partial charge on any atom is -0.339 e. The smallest absolute Gasteiger partial charge is 0.239 e. The van der Waals surface area contributed by atoms with Crippen molar-refractivity contribution in [2.75, 3.05) is 13.1 Å². The zero-order valence-corrected chi connectivity index (χ0v) is 11.6. The van der Waals surface area contributed by atoms with E-state index in [1.807, 2.05) is 23.6 Å². The summed E-state index contributed by atoms with van der Waals surface area (Å²) < 4.78 is 0. The summed E-state index contributed by atoms with van der Waals surface area (Å²) in [5.74, 6) is 0.404. The number of carbonyl (C=O) groups excluding carboxylic acids is 1. The number of amides is 1. The van der Waals surface area contributed by atoms with Crippen LogP contribution < -0.4 is 5.73 Å². The molecule has 1 aliphatic heterocycles. The topological polar surface area (TPSA) is 46.3 Å². The molecule has 0 saturated carbocycles. The molecule has 1 heterocycles. The van der Waals surface area contributed by atoms with Crippen LogP contribution in [-0.4, -0.2) is 40.4 Å². The molecular weight excluding hydrogens is 220 g/mol. The summed E-state index contributed by atoms with van der Waals surface area (Å²) in [5.41, 5.74) is 5.99. The van der Waals surface area contributed by atoms with E-state index in [1.165, 1.54) is 0 Å². The number of carbonyl (C=O) groups is 1. The number of hydrogen-bond donors (Lipinski definition) is 1. The van der Waals surface area contributed by atoms with Gasteiger partial charge >= 0.3 is 0 Å². The Labute approximate surface area is 103 Å². The minimum absolute atomic E-state index is 0.133. The molecule has 4 atom stereocenters. The van der Waals surface area contributed by atoms with Crippen molar-refractivity contribution in [1.82, 2.24) is 4.90 Å². The van der Waals surface area contributed by atoms with Crippen LogP contribution >= 0.6 is 11.8 Å². The number of hydrogen-bond acceptors (Lipinski definition) is 3. The van der Waals surface area contributed by atoms with Crippen molar-refractivity contribution < 1.29 is 4.79 Å². The quantitative estimate of drug-likeness (QED) is 0.822. The van der Waals surface area contributed by atoms with E-state index in [4.69, 9.17) is 5.73 Å². The van der Waals surface area contributed by atoms with Crippen molar-refractivity contribution in [3.8, 4) is 0 Å². The molecule has 1 saturated heterocycles. The predicted octanol–water partition coefficient (Wildman–Crippen LogP) is 1.71. The molecule has 1 rings (SSSR count). The first-order valence-corrected chi connectivity index (χ1v) is 7.09. The van der Waals surface area contributed by atoms with Gasteiger partial charge in [0.1, 0.15) is 0 Å². The van der Waals surface area contributed by atoms with Gasteiger partial charge < -0.3 is 10.6 Å². The van der Waals surface area contributed by atoms with Crippen LogP contribution in [0.3, 0.4) is 0 Å². The monoisotopic (exact) mass is 244 g/mol. The molecule has 0 radical (unpaired) electrons. The van der Waals surface area contributed by atoms with Crippen LogP contribution in [0.25, 0.3) is 0 Å². The van der Waals surface area contributed by atoms with Gasteiger partial charge in [0.15, 0.2) is 0 Å². The lowest BCUT2D eigenvalue weighted by atomic mass is 9.98. The van der Waals surface area contributed by atoms with Crippen molar-refractivity contribution in [3.05, 3.63) is 0 Å². The molecule has 1 aliphatic rings. The minimum atomic E-state index is -0.326. The Morgan fingerprint density at radius 3 is 2.38 bits per heavy atom. The third-order valence-corrected chi connectivity index (χ3v) is 4.50. The van der Waals surface area contributed by atoms with E-state index in [1.54, 1.807) is 0 Å². The first-order valence-electron chi connectivity index (χ1n) is 6.15. The van der Waals surface area contributed by atoms with Gasteiger partial charge in [0.2, 0.25) is 5.91 Å². The van der Waals surface area contributed by atoms with Gasteiger partial charge in [0, 0.05) is 23.6 Å². The molecule has 2 N–H and O–H groups in total. The molecule has 0 bridgehead atoms. The Morgan fingerprint density at radius 1 is 1.44 bits per heavy atom. The number of nitrogens with two attached hydrogens (primary N) is 1. The van der Waals surface area contributed by atoms with Gasteiger partial charge in [-0.2, -0.15) is 11.8 Å². The zero-order valence-electron chi connectivity index (χ0n) is 10.8.